The number of anilines is 1. The molecule has 35 heavy (non-hydrogen) atoms. The standard InChI is InChI=1S/C28H27ClN4O2/c1-32-15-14-30-26(32)17-20-8-6-19(7-9-20)16-25-27(34)31-24-5-3-2-4-22(24)18-33(25)28(35)21-10-12-23(29)13-11-21/h2-13,25H,14-18H2,1H3,(H,31,34). The van der Waals surface area contributed by atoms with Crippen molar-refractivity contribution in [2.75, 3.05) is 25.5 Å². The number of benzene rings is 3. The zero-order valence-corrected chi connectivity index (χ0v) is 20.3. The Bertz CT molecular complexity index is 1270. The first-order valence-corrected chi connectivity index (χ1v) is 12.1. The fraction of sp³-hybridized carbons (Fsp3) is 0.250. The number of amidine groups is 1. The van der Waals surface area contributed by atoms with Gasteiger partial charge in [-0.15, -0.1) is 0 Å². The summed E-state index contributed by atoms with van der Waals surface area (Å²) in [6.07, 6.45) is 1.21. The molecule has 2 aliphatic rings. The number of aliphatic imine (C=N–C) groups is 1. The Balaban J connectivity index is 1.41. The van der Waals surface area contributed by atoms with Gasteiger partial charge in [0.05, 0.1) is 6.54 Å². The average Bonchev–Trinajstić information content (AvgIpc) is 3.21. The maximum Gasteiger partial charge on any atom is 0.254 e. The Morgan fingerprint density at radius 3 is 2.46 bits per heavy atom. The Kier molecular flexibility index (Phi) is 6.55. The normalized spacial score (nSPS) is 17.5. The molecule has 2 aliphatic heterocycles. The smallest absolute Gasteiger partial charge is 0.254 e. The van der Waals surface area contributed by atoms with Gasteiger partial charge in [0.2, 0.25) is 5.91 Å². The fourth-order valence-electron chi connectivity index (χ4n) is 4.57. The number of carbonyl (C=O) groups is 2. The molecule has 0 aromatic heterocycles. The van der Waals surface area contributed by atoms with Crippen molar-refractivity contribution in [1.29, 1.82) is 0 Å². The van der Waals surface area contributed by atoms with Crippen LogP contribution in [0, 0.1) is 0 Å². The highest BCUT2D eigenvalue weighted by Crippen LogP contribution is 2.27. The molecule has 178 valence electrons. The summed E-state index contributed by atoms with van der Waals surface area (Å²) in [5, 5.41) is 3.59. The Morgan fingerprint density at radius 2 is 1.74 bits per heavy atom. The second-order valence-corrected chi connectivity index (χ2v) is 9.46. The summed E-state index contributed by atoms with van der Waals surface area (Å²) in [4.78, 5) is 35.4. The summed E-state index contributed by atoms with van der Waals surface area (Å²) in [6, 6.07) is 22.0. The fourth-order valence-corrected chi connectivity index (χ4v) is 4.70. The minimum Gasteiger partial charge on any atom is -0.361 e. The molecular formula is C28H27ClN4O2. The van der Waals surface area contributed by atoms with E-state index in [1.54, 1.807) is 29.2 Å². The maximum absolute atomic E-state index is 13.6. The number of rotatable bonds is 5. The van der Waals surface area contributed by atoms with E-state index in [0.717, 1.165) is 42.2 Å². The lowest BCUT2D eigenvalue weighted by molar-refractivity contribution is -0.120. The van der Waals surface area contributed by atoms with E-state index in [-0.39, 0.29) is 11.8 Å². The summed E-state index contributed by atoms with van der Waals surface area (Å²) < 4.78 is 0. The van der Waals surface area contributed by atoms with Gasteiger partial charge in [-0.2, -0.15) is 0 Å². The summed E-state index contributed by atoms with van der Waals surface area (Å²) in [6.45, 7) is 2.15. The maximum atomic E-state index is 13.6. The highest BCUT2D eigenvalue weighted by Gasteiger charge is 2.34. The molecule has 6 nitrogen and oxygen atoms in total. The molecule has 0 aliphatic carbocycles. The number of para-hydroxylation sites is 1. The van der Waals surface area contributed by atoms with E-state index in [0.29, 0.717) is 23.6 Å². The summed E-state index contributed by atoms with van der Waals surface area (Å²) in [5.74, 6) is 0.707. The van der Waals surface area contributed by atoms with Crippen molar-refractivity contribution in [3.63, 3.8) is 0 Å². The summed E-state index contributed by atoms with van der Waals surface area (Å²) in [5.41, 5.74) is 4.32. The number of likely N-dealkylation sites (N-methyl/N-ethyl adjacent to an activating group) is 1. The minimum absolute atomic E-state index is 0.191. The lowest BCUT2D eigenvalue weighted by atomic mass is 10.0. The van der Waals surface area contributed by atoms with Gasteiger partial charge in [-0.25, -0.2) is 0 Å². The molecule has 1 unspecified atom stereocenters. The number of halogens is 1. The lowest BCUT2D eigenvalue weighted by Crippen LogP contribution is -2.46. The van der Waals surface area contributed by atoms with Crippen LogP contribution in [0.4, 0.5) is 5.69 Å². The van der Waals surface area contributed by atoms with Crippen LogP contribution in [0.5, 0.6) is 0 Å². The minimum atomic E-state index is -0.651. The molecule has 2 amide bonds. The van der Waals surface area contributed by atoms with Gasteiger partial charge < -0.3 is 15.1 Å². The van der Waals surface area contributed by atoms with Gasteiger partial charge in [0.15, 0.2) is 0 Å². The van der Waals surface area contributed by atoms with Crippen molar-refractivity contribution in [3.05, 3.63) is 100 Å². The quantitative estimate of drug-likeness (QED) is 0.580. The third-order valence-corrected chi connectivity index (χ3v) is 6.88. The topological polar surface area (TPSA) is 65.0 Å². The van der Waals surface area contributed by atoms with Crippen LogP contribution in [0.3, 0.4) is 0 Å². The number of amides is 2. The summed E-state index contributed by atoms with van der Waals surface area (Å²) >= 11 is 6.03. The van der Waals surface area contributed by atoms with Gasteiger partial charge in [0, 0.05) is 49.3 Å². The molecule has 0 bridgehead atoms. The van der Waals surface area contributed by atoms with E-state index in [1.807, 2.05) is 36.4 Å². The number of nitrogens with one attached hydrogen (secondary N) is 1. The molecule has 0 spiro atoms. The van der Waals surface area contributed by atoms with Crippen LogP contribution in [0.15, 0.2) is 77.8 Å². The third kappa shape index (κ3) is 5.08. The predicted octanol–water partition coefficient (Wildman–Crippen LogP) is 4.43. The number of fused-ring (bicyclic) bond motifs is 1. The first-order chi connectivity index (χ1) is 17.0. The highest BCUT2D eigenvalue weighted by molar-refractivity contribution is 6.30. The Morgan fingerprint density at radius 1 is 1.03 bits per heavy atom. The van der Waals surface area contributed by atoms with Crippen LogP contribution in [0.1, 0.15) is 27.0 Å². The van der Waals surface area contributed by atoms with Crippen LogP contribution >= 0.6 is 11.6 Å². The zero-order chi connectivity index (χ0) is 24.4. The number of hydrogen-bond donors (Lipinski definition) is 1. The SMILES string of the molecule is CN1CCN=C1Cc1ccc(CC2C(=O)Nc3ccccc3CN2C(=O)c2ccc(Cl)cc2)cc1. The molecule has 3 aromatic rings. The van der Waals surface area contributed by atoms with E-state index in [4.69, 9.17) is 11.6 Å². The van der Waals surface area contributed by atoms with Gasteiger partial charge in [0.25, 0.3) is 5.91 Å². The van der Waals surface area contributed by atoms with Crippen LogP contribution in [-0.4, -0.2) is 53.6 Å². The third-order valence-electron chi connectivity index (χ3n) is 6.63. The average molecular weight is 487 g/mol. The van der Waals surface area contributed by atoms with Gasteiger partial charge in [-0.05, 0) is 47.0 Å². The van der Waals surface area contributed by atoms with Crippen LogP contribution < -0.4 is 5.32 Å². The molecule has 0 radical (unpaired) electrons. The number of carbonyl (C=O) groups excluding carboxylic acids is 2. The van der Waals surface area contributed by atoms with Crippen molar-refractivity contribution in [1.82, 2.24) is 9.80 Å². The van der Waals surface area contributed by atoms with E-state index in [1.165, 1.54) is 5.56 Å². The van der Waals surface area contributed by atoms with Crippen molar-refractivity contribution in [3.8, 4) is 0 Å². The molecule has 0 saturated heterocycles. The molecule has 3 aromatic carbocycles. The van der Waals surface area contributed by atoms with Gasteiger partial charge in [-0.1, -0.05) is 54.1 Å². The molecule has 0 fully saturated rings. The van der Waals surface area contributed by atoms with Gasteiger partial charge in [0.1, 0.15) is 11.9 Å². The van der Waals surface area contributed by atoms with E-state index in [9.17, 15) is 9.59 Å². The largest absolute Gasteiger partial charge is 0.361 e. The first-order valence-electron chi connectivity index (χ1n) is 11.8. The highest BCUT2D eigenvalue weighted by atomic mass is 35.5. The molecule has 5 rings (SSSR count). The van der Waals surface area contributed by atoms with Gasteiger partial charge in [-0.3, -0.25) is 14.6 Å². The van der Waals surface area contributed by atoms with E-state index < -0.39 is 6.04 Å². The monoisotopic (exact) mass is 486 g/mol. The molecule has 1 N–H and O–H groups in total. The second kappa shape index (κ2) is 9.92. The Hall–Kier alpha value is -3.64. The second-order valence-electron chi connectivity index (χ2n) is 9.02. The summed E-state index contributed by atoms with van der Waals surface area (Å²) in [7, 11) is 2.06. The van der Waals surface area contributed by atoms with Crippen LogP contribution in [0.25, 0.3) is 0 Å². The van der Waals surface area contributed by atoms with Crippen molar-refractivity contribution < 1.29 is 9.59 Å². The number of nitrogens with zero attached hydrogens (tertiary/aromatic N) is 3. The molecule has 7 heteroatoms. The lowest BCUT2D eigenvalue weighted by Gasteiger charge is -2.29. The number of hydrogen-bond acceptors (Lipinski definition) is 4. The predicted molar refractivity (Wildman–Crippen MR) is 139 cm³/mol. The first kappa shape index (κ1) is 23.1. The van der Waals surface area contributed by atoms with Gasteiger partial charge >= 0.3 is 0 Å². The zero-order valence-electron chi connectivity index (χ0n) is 19.6. The van der Waals surface area contributed by atoms with E-state index >= 15 is 0 Å². The molecule has 2 heterocycles. The van der Waals surface area contributed by atoms with Crippen molar-refractivity contribution >= 4 is 34.9 Å². The van der Waals surface area contributed by atoms with Crippen LogP contribution in [-0.2, 0) is 24.2 Å². The van der Waals surface area contributed by atoms with E-state index in [2.05, 4.69) is 34.4 Å². The Labute approximate surface area is 210 Å². The molecule has 0 saturated carbocycles. The van der Waals surface area contributed by atoms with Crippen LogP contribution in [0.2, 0.25) is 5.02 Å². The molecule has 1 atom stereocenters. The molecular weight excluding hydrogens is 460 g/mol. The van der Waals surface area contributed by atoms with Crippen molar-refractivity contribution in [2.45, 2.75) is 25.4 Å². The van der Waals surface area contributed by atoms with Crippen molar-refractivity contribution in [2.24, 2.45) is 4.99 Å².